The summed E-state index contributed by atoms with van der Waals surface area (Å²) in [6, 6.07) is 8.14. The van der Waals surface area contributed by atoms with Crippen molar-refractivity contribution in [2.24, 2.45) is 0 Å². The molecular weight excluding hydrogens is 314 g/mol. The number of halogens is 2. The minimum atomic E-state index is 0.518. The monoisotopic (exact) mass is 325 g/mol. The van der Waals surface area contributed by atoms with E-state index in [0.29, 0.717) is 11.7 Å². The Balaban J connectivity index is 2.13. The van der Waals surface area contributed by atoms with E-state index in [1.807, 2.05) is 19.1 Å². The average molecular weight is 327 g/mol. The van der Waals surface area contributed by atoms with Crippen LogP contribution in [-0.2, 0) is 13.0 Å². The van der Waals surface area contributed by atoms with Crippen molar-refractivity contribution in [1.29, 1.82) is 0 Å². The van der Waals surface area contributed by atoms with Crippen LogP contribution in [0, 0.1) is 0 Å². The third kappa shape index (κ3) is 3.21. The summed E-state index contributed by atoms with van der Waals surface area (Å²) >= 11 is 9.49. The smallest absolute Gasteiger partial charge is 0.137 e. The first-order valence-electron chi connectivity index (χ1n) is 5.68. The average Bonchev–Trinajstić information content (AvgIpc) is 2.36. The molecule has 0 spiro atoms. The molecule has 0 aliphatic heterocycles. The first kappa shape index (κ1) is 13.3. The van der Waals surface area contributed by atoms with E-state index in [0.717, 1.165) is 22.3 Å². The Hall–Kier alpha value is -1.13. The summed E-state index contributed by atoms with van der Waals surface area (Å²) in [5, 5.41) is 3.81. The van der Waals surface area contributed by atoms with Gasteiger partial charge in [0.25, 0.3) is 0 Å². The molecule has 1 aromatic heterocycles. The van der Waals surface area contributed by atoms with E-state index in [9.17, 15) is 0 Å². The maximum atomic E-state index is 6.04. The van der Waals surface area contributed by atoms with Gasteiger partial charge >= 0.3 is 0 Å². The molecule has 0 bridgehead atoms. The molecule has 94 valence electrons. The van der Waals surface area contributed by atoms with E-state index in [-0.39, 0.29) is 0 Å². The summed E-state index contributed by atoms with van der Waals surface area (Å²) in [5.41, 5.74) is 2.13. The predicted molar refractivity (Wildman–Crippen MR) is 77.9 cm³/mol. The summed E-state index contributed by atoms with van der Waals surface area (Å²) in [4.78, 5) is 8.22. The van der Waals surface area contributed by atoms with Crippen LogP contribution in [0.2, 0.25) is 5.15 Å². The standard InChI is InChI=1S/C13H13BrClN3/c1-2-11-12(15)17-8-18-13(11)16-7-9-4-3-5-10(14)6-9/h3-6,8H,2,7H2,1H3,(H,16,17,18). The van der Waals surface area contributed by atoms with Gasteiger partial charge in [-0.15, -0.1) is 0 Å². The maximum Gasteiger partial charge on any atom is 0.137 e. The van der Waals surface area contributed by atoms with Gasteiger partial charge < -0.3 is 5.32 Å². The van der Waals surface area contributed by atoms with Crippen molar-refractivity contribution in [3.05, 3.63) is 51.3 Å². The van der Waals surface area contributed by atoms with Crippen LogP contribution in [0.15, 0.2) is 35.1 Å². The van der Waals surface area contributed by atoms with Crippen LogP contribution >= 0.6 is 27.5 Å². The van der Waals surface area contributed by atoms with Gasteiger partial charge in [-0.1, -0.05) is 46.6 Å². The molecule has 0 saturated carbocycles. The summed E-state index contributed by atoms with van der Waals surface area (Å²) in [6.45, 7) is 2.74. The fourth-order valence-electron chi connectivity index (χ4n) is 1.69. The van der Waals surface area contributed by atoms with Gasteiger partial charge in [0.2, 0.25) is 0 Å². The highest BCUT2D eigenvalue weighted by Gasteiger charge is 2.07. The van der Waals surface area contributed by atoms with Gasteiger partial charge in [0.1, 0.15) is 17.3 Å². The minimum Gasteiger partial charge on any atom is -0.366 e. The number of nitrogens with zero attached hydrogens (tertiary/aromatic N) is 2. The number of hydrogen-bond donors (Lipinski definition) is 1. The van der Waals surface area contributed by atoms with E-state index in [1.165, 1.54) is 11.9 Å². The molecule has 0 atom stereocenters. The Morgan fingerprint density at radius 1 is 1.33 bits per heavy atom. The summed E-state index contributed by atoms with van der Waals surface area (Å²) < 4.78 is 1.07. The predicted octanol–water partition coefficient (Wildman–Crippen LogP) is 4.07. The van der Waals surface area contributed by atoms with Gasteiger partial charge in [-0.25, -0.2) is 9.97 Å². The number of hydrogen-bond acceptors (Lipinski definition) is 3. The highest BCUT2D eigenvalue weighted by atomic mass is 79.9. The SMILES string of the molecule is CCc1c(Cl)ncnc1NCc1cccc(Br)c1. The zero-order chi connectivity index (χ0) is 13.0. The second-order valence-electron chi connectivity index (χ2n) is 3.83. The van der Waals surface area contributed by atoms with Crippen molar-refractivity contribution in [3.63, 3.8) is 0 Å². The van der Waals surface area contributed by atoms with Crippen molar-refractivity contribution < 1.29 is 0 Å². The Bertz CT molecular complexity index is 546. The first-order valence-corrected chi connectivity index (χ1v) is 6.85. The molecule has 3 nitrogen and oxygen atoms in total. The molecular formula is C13H13BrClN3. The fourth-order valence-corrected chi connectivity index (χ4v) is 2.40. The first-order chi connectivity index (χ1) is 8.70. The van der Waals surface area contributed by atoms with Gasteiger partial charge in [0.15, 0.2) is 0 Å². The molecule has 18 heavy (non-hydrogen) atoms. The molecule has 0 saturated heterocycles. The van der Waals surface area contributed by atoms with E-state index in [4.69, 9.17) is 11.6 Å². The van der Waals surface area contributed by atoms with Crippen molar-refractivity contribution in [1.82, 2.24) is 9.97 Å². The van der Waals surface area contributed by atoms with Crippen LogP contribution < -0.4 is 5.32 Å². The quantitative estimate of drug-likeness (QED) is 0.861. The molecule has 0 aliphatic carbocycles. The van der Waals surface area contributed by atoms with Gasteiger partial charge in [0.05, 0.1) is 0 Å². The van der Waals surface area contributed by atoms with Crippen LogP contribution in [0.4, 0.5) is 5.82 Å². The van der Waals surface area contributed by atoms with Crippen LogP contribution in [0.3, 0.4) is 0 Å². The molecule has 0 amide bonds. The zero-order valence-corrected chi connectivity index (χ0v) is 12.3. The molecule has 1 aromatic carbocycles. The van der Waals surface area contributed by atoms with E-state index in [2.05, 4.69) is 43.3 Å². The molecule has 0 unspecified atom stereocenters. The topological polar surface area (TPSA) is 37.8 Å². The number of anilines is 1. The molecule has 2 aromatic rings. The van der Waals surface area contributed by atoms with Gasteiger partial charge in [-0.3, -0.25) is 0 Å². The molecule has 1 heterocycles. The number of nitrogens with one attached hydrogen (secondary N) is 1. The second kappa shape index (κ2) is 6.16. The van der Waals surface area contributed by atoms with Gasteiger partial charge in [-0.2, -0.15) is 0 Å². The van der Waals surface area contributed by atoms with Crippen molar-refractivity contribution >= 4 is 33.3 Å². The Kier molecular flexibility index (Phi) is 4.55. The van der Waals surface area contributed by atoms with Gasteiger partial charge in [-0.05, 0) is 24.1 Å². The van der Waals surface area contributed by atoms with Crippen LogP contribution in [0.25, 0.3) is 0 Å². The zero-order valence-electron chi connectivity index (χ0n) is 9.95. The number of benzene rings is 1. The number of aromatic nitrogens is 2. The van der Waals surface area contributed by atoms with Crippen molar-refractivity contribution in [2.45, 2.75) is 19.9 Å². The molecule has 2 rings (SSSR count). The van der Waals surface area contributed by atoms with Gasteiger partial charge in [0, 0.05) is 16.6 Å². The third-order valence-electron chi connectivity index (χ3n) is 2.60. The van der Waals surface area contributed by atoms with Crippen molar-refractivity contribution in [2.75, 3.05) is 5.32 Å². The Morgan fingerprint density at radius 2 is 2.17 bits per heavy atom. The third-order valence-corrected chi connectivity index (χ3v) is 3.41. The van der Waals surface area contributed by atoms with Crippen LogP contribution in [0.1, 0.15) is 18.1 Å². The van der Waals surface area contributed by atoms with Crippen molar-refractivity contribution in [3.8, 4) is 0 Å². The second-order valence-corrected chi connectivity index (χ2v) is 5.10. The minimum absolute atomic E-state index is 0.518. The molecule has 0 aliphatic rings. The summed E-state index contributed by atoms with van der Waals surface area (Å²) in [5.74, 6) is 0.803. The lowest BCUT2D eigenvalue weighted by Crippen LogP contribution is -2.05. The Labute approximate surface area is 120 Å². The summed E-state index contributed by atoms with van der Waals surface area (Å²) in [7, 11) is 0. The van der Waals surface area contributed by atoms with E-state index in [1.54, 1.807) is 0 Å². The van der Waals surface area contributed by atoms with E-state index < -0.39 is 0 Å². The molecule has 1 N–H and O–H groups in total. The van der Waals surface area contributed by atoms with Crippen LogP contribution in [-0.4, -0.2) is 9.97 Å². The lowest BCUT2D eigenvalue weighted by Gasteiger charge is -2.10. The molecule has 5 heteroatoms. The largest absolute Gasteiger partial charge is 0.366 e. The highest BCUT2D eigenvalue weighted by molar-refractivity contribution is 9.10. The molecule has 0 fully saturated rings. The lowest BCUT2D eigenvalue weighted by molar-refractivity contribution is 1.01. The summed E-state index contributed by atoms with van der Waals surface area (Å²) in [6.07, 6.45) is 2.28. The molecule has 0 radical (unpaired) electrons. The number of rotatable bonds is 4. The normalized spacial score (nSPS) is 10.4. The van der Waals surface area contributed by atoms with Crippen LogP contribution in [0.5, 0.6) is 0 Å². The maximum absolute atomic E-state index is 6.04. The highest BCUT2D eigenvalue weighted by Crippen LogP contribution is 2.21. The Morgan fingerprint density at radius 3 is 2.89 bits per heavy atom. The van der Waals surface area contributed by atoms with E-state index >= 15 is 0 Å². The lowest BCUT2D eigenvalue weighted by atomic mass is 10.2. The fraction of sp³-hybridized carbons (Fsp3) is 0.231.